The van der Waals surface area contributed by atoms with Crippen LogP contribution in [-0.2, 0) is 4.79 Å². The molecule has 0 aromatic carbocycles. The summed E-state index contributed by atoms with van der Waals surface area (Å²) in [5, 5.41) is 0. The van der Waals surface area contributed by atoms with Gasteiger partial charge in [0.15, 0.2) is 0 Å². The Balaban J connectivity index is 2.53. The van der Waals surface area contributed by atoms with E-state index in [1.54, 1.807) is 0 Å². The highest BCUT2D eigenvalue weighted by molar-refractivity contribution is 5.77. The maximum atomic E-state index is 12.2. The third-order valence-corrected chi connectivity index (χ3v) is 4.19. The average molecular weight is 253 g/mol. The zero-order valence-electron chi connectivity index (χ0n) is 13.1. The molecule has 2 unspecified atom stereocenters. The Kier molecular flexibility index (Phi) is 5.24. The molecule has 1 aliphatic heterocycles. The van der Waals surface area contributed by atoms with E-state index in [0.29, 0.717) is 12.3 Å². The summed E-state index contributed by atoms with van der Waals surface area (Å²) in [6, 6.07) is 0. The van der Waals surface area contributed by atoms with Crippen LogP contribution in [0.4, 0.5) is 0 Å². The van der Waals surface area contributed by atoms with E-state index in [9.17, 15) is 4.79 Å². The van der Waals surface area contributed by atoms with Gasteiger partial charge in [0.2, 0.25) is 5.91 Å². The molecule has 1 heterocycles. The number of rotatable bonds is 4. The highest BCUT2D eigenvalue weighted by Gasteiger charge is 2.33. The van der Waals surface area contributed by atoms with Crippen LogP contribution in [0.15, 0.2) is 0 Å². The molecule has 0 saturated carbocycles. The van der Waals surface area contributed by atoms with E-state index in [1.165, 1.54) is 12.8 Å². The third kappa shape index (κ3) is 4.29. The van der Waals surface area contributed by atoms with Gasteiger partial charge >= 0.3 is 0 Å². The molecule has 1 rings (SSSR count). The number of hydrogen-bond acceptors (Lipinski definition) is 1. The minimum absolute atomic E-state index is 0.109. The van der Waals surface area contributed by atoms with Crippen LogP contribution in [0.25, 0.3) is 0 Å². The second-order valence-corrected chi connectivity index (χ2v) is 7.44. The first-order valence-corrected chi connectivity index (χ1v) is 7.52. The van der Waals surface area contributed by atoms with E-state index in [1.807, 2.05) is 0 Å². The van der Waals surface area contributed by atoms with Gasteiger partial charge in [-0.1, -0.05) is 48.0 Å². The minimum atomic E-state index is 0.109. The van der Waals surface area contributed by atoms with Crippen LogP contribution in [0.2, 0.25) is 0 Å². The van der Waals surface area contributed by atoms with Gasteiger partial charge in [0.1, 0.15) is 0 Å². The van der Waals surface area contributed by atoms with Crippen molar-refractivity contribution >= 4 is 5.91 Å². The van der Waals surface area contributed by atoms with Crippen LogP contribution >= 0.6 is 0 Å². The van der Waals surface area contributed by atoms with Crippen molar-refractivity contribution in [2.45, 2.75) is 60.8 Å². The van der Waals surface area contributed by atoms with Gasteiger partial charge in [-0.05, 0) is 29.6 Å². The molecule has 2 heteroatoms. The maximum Gasteiger partial charge on any atom is 0.223 e. The Morgan fingerprint density at radius 2 is 1.94 bits per heavy atom. The Bertz CT molecular complexity index is 277. The first-order valence-electron chi connectivity index (χ1n) is 7.52. The summed E-state index contributed by atoms with van der Waals surface area (Å²) in [7, 11) is 0. The van der Waals surface area contributed by atoms with Crippen molar-refractivity contribution in [1.82, 2.24) is 4.90 Å². The van der Waals surface area contributed by atoms with E-state index in [0.717, 1.165) is 30.8 Å². The van der Waals surface area contributed by atoms with Crippen molar-refractivity contribution in [3.63, 3.8) is 0 Å². The molecule has 1 amide bonds. The molecule has 0 N–H and O–H groups in total. The summed E-state index contributed by atoms with van der Waals surface area (Å²) in [6.45, 7) is 15.3. The van der Waals surface area contributed by atoms with Crippen LogP contribution in [0, 0.1) is 23.2 Å². The molecular formula is C16H31NO. The fraction of sp³-hybridized carbons (Fsp3) is 0.938. The lowest BCUT2D eigenvalue weighted by atomic mass is 9.81. The monoisotopic (exact) mass is 253 g/mol. The van der Waals surface area contributed by atoms with Gasteiger partial charge in [-0.25, -0.2) is 0 Å². The molecule has 0 aromatic heterocycles. The Labute approximate surface area is 113 Å². The number of likely N-dealkylation sites (tertiary alicyclic amines) is 1. The second kappa shape index (κ2) is 6.08. The summed E-state index contributed by atoms with van der Waals surface area (Å²) < 4.78 is 0. The lowest BCUT2D eigenvalue weighted by Crippen LogP contribution is -2.33. The molecule has 2 atom stereocenters. The highest BCUT2D eigenvalue weighted by Crippen LogP contribution is 2.32. The van der Waals surface area contributed by atoms with Gasteiger partial charge in [0, 0.05) is 19.5 Å². The number of carbonyl (C=O) groups excluding carboxylic acids is 1. The van der Waals surface area contributed by atoms with Gasteiger partial charge in [-0.3, -0.25) is 4.79 Å². The normalized spacial score (nSPS) is 22.6. The molecule has 0 bridgehead atoms. The van der Waals surface area contributed by atoms with Crippen molar-refractivity contribution in [2.75, 3.05) is 13.1 Å². The van der Waals surface area contributed by atoms with E-state index >= 15 is 0 Å². The summed E-state index contributed by atoms with van der Waals surface area (Å²) >= 11 is 0. The first-order chi connectivity index (χ1) is 8.24. The van der Waals surface area contributed by atoms with Gasteiger partial charge in [-0.2, -0.15) is 0 Å². The van der Waals surface area contributed by atoms with Crippen LogP contribution in [0.1, 0.15) is 60.8 Å². The Hall–Kier alpha value is -0.530. The van der Waals surface area contributed by atoms with Crippen LogP contribution < -0.4 is 0 Å². The molecule has 0 radical (unpaired) electrons. The SMILES string of the molecule is CCC(C(C)C)C1CCN(C(=O)CC(C)(C)C)C1. The number of carbonyl (C=O) groups is 1. The molecular weight excluding hydrogens is 222 g/mol. The van der Waals surface area contributed by atoms with Crippen molar-refractivity contribution < 1.29 is 4.79 Å². The summed E-state index contributed by atoms with van der Waals surface area (Å²) in [5.74, 6) is 2.58. The molecule has 1 aliphatic rings. The first kappa shape index (κ1) is 15.5. The quantitative estimate of drug-likeness (QED) is 0.743. The molecule has 0 spiro atoms. The highest BCUT2D eigenvalue weighted by atomic mass is 16.2. The van der Waals surface area contributed by atoms with Gasteiger partial charge in [0.05, 0.1) is 0 Å². The van der Waals surface area contributed by atoms with Crippen molar-refractivity contribution in [3.05, 3.63) is 0 Å². The molecule has 18 heavy (non-hydrogen) atoms. The largest absolute Gasteiger partial charge is 0.342 e. The van der Waals surface area contributed by atoms with Crippen LogP contribution in [0.5, 0.6) is 0 Å². The van der Waals surface area contributed by atoms with Gasteiger partial charge < -0.3 is 4.90 Å². The summed E-state index contributed by atoms with van der Waals surface area (Å²) in [5.41, 5.74) is 0.109. The lowest BCUT2D eigenvalue weighted by molar-refractivity contribution is -0.132. The molecule has 1 fully saturated rings. The van der Waals surface area contributed by atoms with Gasteiger partial charge in [0.25, 0.3) is 0 Å². The van der Waals surface area contributed by atoms with Crippen LogP contribution in [0.3, 0.4) is 0 Å². The standard InChI is InChI=1S/C16H31NO/c1-7-14(12(2)3)13-8-9-17(11-13)15(18)10-16(4,5)6/h12-14H,7-11H2,1-6H3. The predicted octanol–water partition coefficient (Wildman–Crippen LogP) is 3.95. The number of amides is 1. The van der Waals surface area contributed by atoms with Crippen molar-refractivity contribution in [3.8, 4) is 0 Å². The topological polar surface area (TPSA) is 20.3 Å². The Morgan fingerprint density at radius 1 is 1.33 bits per heavy atom. The number of hydrogen-bond donors (Lipinski definition) is 0. The molecule has 106 valence electrons. The lowest BCUT2D eigenvalue weighted by Gasteiger charge is -2.27. The zero-order chi connectivity index (χ0) is 13.9. The third-order valence-electron chi connectivity index (χ3n) is 4.19. The maximum absolute atomic E-state index is 12.2. The van der Waals surface area contributed by atoms with Gasteiger partial charge in [-0.15, -0.1) is 0 Å². The fourth-order valence-corrected chi connectivity index (χ4v) is 3.28. The molecule has 0 aliphatic carbocycles. The fourth-order valence-electron chi connectivity index (χ4n) is 3.28. The second-order valence-electron chi connectivity index (χ2n) is 7.44. The molecule has 1 saturated heterocycles. The number of nitrogens with zero attached hydrogens (tertiary/aromatic N) is 1. The predicted molar refractivity (Wildman–Crippen MR) is 77.4 cm³/mol. The van der Waals surface area contributed by atoms with E-state index < -0.39 is 0 Å². The van der Waals surface area contributed by atoms with Crippen molar-refractivity contribution in [1.29, 1.82) is 0 Å². The molecule has 0 aromatic rings. The summed E-state index contributed by atoms with van der Waals surface area (Å²) in [6.07, 6.45) is 3.12. The van der Waals surface area contributed by atoms with Crippen molar-refractivity contribution in [2.24, 2.45) is 23.2 Å². The Morgan fingerprint density at radius 3 is 2.39 bits per heavy atom. The van der Waals surface area contributed by atoms with Crippen LogP contribution in [-0.4, -0.2) is 23.9 Å². The molecule has 2 nitrogen and oxygen atoms in total. The minimum Gasteiger partial charge on any atom is -0.342 e. The van der Waals surface area contributed by atoms with E-state index in [2.05, 4.69) is 46.4 Å². The van der Waals surface area contributed by atoms with E-state index in [-0.39, 0.29) is 5.41 Å². The van der Waals surface area contributed by atoms with E-state index in [4.69, 9.17) is 0 Å². The zero-order valence-corrected chi connectivity index (χ0v) is 13.1. The summed E-state index contributed by atoms with van der Waals surface area (Å²) in [4.78, 5) is 14.3. The smallest absolute Gasteiger partial charge is 0.223 e. The average Bonchev–Trinajstić information content (AvgIpc) is 2.64.